The number of para-hydroxylation sites is 1. The number of amides is 1. The van der Waals surface area contributed by atoms with E-state index in [0.717, 1.165) is 22.4 Å². The van der Waals surface area contributed by atoms with Crippen LogP contribution in [0, 0.1) is 6.92 Å². The summed E-state index contributed by atoms with van der Waals surface area (Å²) in [6.45, 7) is 8.54. The molecule has 2 rings (SSSR count). The van der Waals surface area contributed by atoms with E-state index in [-0.39, 0.29) is 18.5 Å². The van der Waals surface area contributed by atoms with Crippen molar-refractivity contribution in [1.82, 2.24) is 5.32 Å². The van der Waals surface area contributed by atoms with Crippen molar-refractivity contribution in [3.8, 4) is 0 Å². The van der Waals surface area contributed by atoms with Crippen LogP contribution in [0.3, 0.4) is 0 Å². The molecule has 0 heterocycles. The summed E-state index contributed by atoms with van der Waals surface area (Å²) in [4.78, 5) is 12.3. The number of hydrogen-bond acceptors (Lipinski definition) is 2. The maximum atomic E-state index is 12.3. The molecule has 0 unspecified atom stereocenters. The summed E-state index contributed by atoms with van der Waals surface area (Å²) in [7, 11) is 0. The van der Waals surface area contributed by atoms with E-state index in [1.165, 1.54) is 0 Å². The molecule has 0 fully saturated rings. The maximum Gasteiger partial charge on any atom is 0.238 e. The molecule has 2 aromatic carbocycles. The lowest BCUT2D eigenvalue weighted by Gasteiger charge is -2.18. The van der Waals surface area contributed by atoms with Crippen molar-refractivity contribution in [1.29, 1.82) is 0 Å². The largest absolute Gasteiger partial charge is 0.324 e. The second-order valence-electron chi connectivity index (χ2n) is 6.40. The maximum absolute atomic E-state index is 12.3. The number of benzene rings is 2. The third-order valence-corrected chi connectivity index (χ3v) is 4.34. The molecule has 2 aromatic rings. The molecule has 0 aliphatic heterocycles. The average Bonchev–Trinajstić information content (AvgIpc) is 2.54. The molecule has 0 aliphatic rings. The molecule has 0 aromatic heterocycles. The van der Waals surface area contributed by atoms with Crippen molar-refractivity contribution in [3.63, 3.8) is 0 Å². The number of hydrogen-bond donors (Lipinski definition) is 2. The minimum Gasteiger partial charge on any atom is -0.324 e. The van der Waals surface area contributed by atoms with Crippen LogP contribution >= 0.6 is 11.6 Å². The van der Waals surface area contributed by atoms with Gasteiger partial charge in [-0.3, -0.25) is 4.79 Å². The summed E-state index contributed by atoms with van der Waals surface area (Å²) in [5, 5.41) is 7.00. The molecular weight excluding hydrogens is 320 g/mol. The minimum absolute atomic E-state index is 0.0416. The first-order valence-electron chi connectivity index (χ1n) is 8.26. The summed E-state index contributed by atoms with van der Waals surface area (Å²) in [5.41, 5.74) is 4.23. The van der Waals surface area contributed by atoms with Gasteiger partial charge in [0.25, 0.3) is 0 Å². The van der Waals surface area contributed by atoms with Gasteiger partial charge in [-0.2, -0.15) is 0 Å². The van der Waals surface area contributed by atoms with E-state index in [0.29, 0.717) is 10.9 Å². The van der Waals surface area contributed by atoms with Gasteiger partial charge in [0, 0.05) is 16.8 Å². The van der Waals surface area contributed by atoms with E-state index in [2.05, 4.69) is 30.5 Å². The predicted octanol–water partition coefficient (Wildman–Crippen LogP) is 5.06. The van der Waals surface area contributed by atoms with Gasteiger partial charge in [-0.15, -0.1) is 0 Å². The summed E-state index contributed by atoms with van der Waals surface area (Å²) in [6, 6.07) is 13.8. The topological polar surface area (TPSA) is 41.1 Å². The zero-order valence-corrected chi connectivity index (χ0v) is 15.4. The van der Waals surface area contributed by atoms with Crippen molar-refractivity contribution in [2.75, 3.05) is 11.9 Å². The number of anilines is 1. The Kier molecular flexibility index (Phi) is 6.41. The van der Waals surface area contributed by atoms with E-state index >= 15 is 0 Å². The first-order valence-corrected chi connectivity index (χ1v) is 8.64. The molecule has 1 amide bonds. The van der Waals surface area contributed by atoms with Gasteiger partial charge in [-0.25, -0.2) is 0 Å². The summed E-state index contributed by atoms with van der Waals surface area (Å²) >= 11 is 6.02. The summed E-state index contributed by atoms with van der Waals surface area (Å²) in [5.74, 6) is 0.318. The molecule has 0 saturated carbocycles. The van der Waals surface area contributed by atoms with Crippen LogP contribution in [0.25, 0.3) is 0 Å². The zero-order chi connectivity index (χ0) is 17.7. The predicted molar refractivity (Wildman–Crippen MR) is 102 cm³/mol. The number of carbonyl (C=O) groups excluding carboxylic acids is 1. The molecule has 0 radical (unpaired) electrons. The van der Waals surface area contributed by atoms with Gasteiger partial charge in [0.15, 0.2) is 0 Å². The van der Waals surface area contributed by atoms with Crippen LogP contribution in [0.15, 0.2) is 42.5 Å². The Morgan fingerprint density at radius 2 is 1.83 bits per heavy atom. The Hall–Kier alpha value is -1.84. The molecule has 1 atom stereocenters. The lowest BCUT2D eigenvalue weighted by Crippen LogP contribution is -2.30. The van der Waals surface area contributed by atoms with Crippen LogP contribution in [0.4, 0.5) is 5.69 Å². The highest BCUT2D eigenvalue weighted by Crippen LogP contribution is 2.27. The number of aryl methyl sites for hydroxylation is 1. The Labute approximate surface area is 149 Å². The third kappa shape index (κ3) is 4.83. The highest BCUT2D eigenvalue weighted by molar-refractivity contribution is 6.30. The van der Waals surface area contributed by atoms with Crippen molar-refractivity contribution >= 4 is 23.2 Å². The molecule has 0 bridgehead atoms. The third-order valence-electron chi connectivity index (χ3n) is 4.11. The smallest absolute Gasteiger partial charge is 0.238 e. The van der Waals surface area contributed by atoms with E-state index in [1.54, 1.807) is 0 Å². The van der Waals surface area contributed by atoms with E-state index in [9.17, 15) is 4.79 Å². The van der Waals surface area contributed by atoms with Gasteiger partial charge >= 0.3 is 0 Å². The highest BCUT2D eigenvalue weighted by atomic mass is 35.5. The summed E-state index contributed by atoms with van der Waals surface area (Å²) in [6.07, 6.45) is 0. The average molecular weight is 345 g/mol. The number of carbonyl (C=O) groups is 1. The van der Waals surface area contributed by atoms with Crippen molar-refractivity contribution in [2.45, 2.75) is 39.7 Å². The van der Waals surface area contributed by atoms with Gasteiger partial charge < -0.3 is 10.6 Å². The van der Waals surface area contributed by atoms with Crippen LogP contribution in [-0.4, -0.2) is 12.5 Å². The Balaban J connectivity index is 1.99. The van der Waals surface area contributed by atoms with Gasteiger partial charge in [0.05, 0.1) is 6.54 Å². The quantitative estimate of drug-likeness (QED) is 0.768. The fourth-order valence-electron chi connectivity index (χ4n) is 2.67. The van der Waals surface area contributed by atoms with Crippen LogP contribution in [-0.2, 0) is 4.79 Å². The highest BCUT2D eigenvalue weighted by Gasteiger charge is 2.13. The normalized spacial score (nSPS) is 12.2. The Bertz CT molecular complexity index is 713. The van der Waals surface area contributed by atoms with Crippen LogP contribution in [0.1, 0.15) is 49.4 Å². The van der Waals surface area contributed by atoms with E-state index < -0.39 is 0 Å². The molecule has 2 N–H and O–H groups in total. The minimum atomic E-state index is -0.0416. The van der Waals surface area contributed by atoms with Gasteiger partial charge in [-0.05, 0) is 48.6 Å². The molecule has 0 spiro atoms. The Morgan fingerprint density at radius 1 is 1.12 bits per heavy atom. The molecule has 3 nitrogen and oxygen atoms in total. The first kappa shape index (κ1) is 18.5. The van der Waals surface area contributed by atoms with Crippen LogP contribution in [0.5, 0.6) is 0 Å². The molecule has 24 heavy (non-hydrogen) atoms. The SMILES string of the molecule is Cc1cccc(C(C)C)c1NC(=O)CN[C@@H](C)c1cccc(Cl)c1. The number of rotatable bonds is 6. The first-order chi connectivity index (χ1) is 11.4. The Morgan fingerprint density at radius 3 is 2.50 bits per heavy atom. The van der Waals surface area contributed by atoms with E-state index in [4.69, 9.17) is 11.6 Å². The molecule has 128 valence electrons. The van der Waals surface area contributed by atoms with E-state index in [1.807, 2.05) is 50.2 Å². The monoisotopic (exact) mass is 344 g/mol. The van der Waals surface area contributed by atoms with Crippen molar-refractivity contribution in [2.24, 2.45) is 0 Å². The van der Waals surface area contributed by atoms with Crippen LogP contribution in [0.2, 0.25) is 5.02 Å². The second-order valence-corrected chi connectivity index (χ2v) is 6.84. The number of nitrogens with one attached hydrogen (secondary N) is 2. The number of halogens is 1. The molecule has 4 heteroatoms. The zero-order valence-electron chi connectivity index (χ0n) is 14.7. The van der Waals surface area contributed by atoms with Crippen molar-refractivity contribution < 1.29 is 4.79 Å². The van der Waals surface area contributed by atoms with Crippen molar-refractivity contribution in [3.05, 3.63) is 64.2 Å². The van der Waals surface area contributed by atoms with Gasteiger partial charge in [0.2, 0.25) is 5.91 Å². The van der Waals surface area contributed by atoms with Crippen LogP contribution < -0.4 is 10.6 Å². The molecule has 0 aliphatic carbocycles. The second kappa shape index (κ2) is 8.32. The fourth-order valence-corrected chi connectivity index (χ4v) is 2.86. The lowest BCUT2D eigenvalue weighted by molar-refractivity contribution is -0.115. The lowest BCUT2D eigenvalue weighted by atomic mass is 9.98. The standard InChI is InChI=1S/C20H25ClN2O/c1-13(2)18-10-5-7-14(3)20(18)23-19(24)12-22-15(4)16-8-6-9-17(21)11-16/h5-11,13,15,22H,12H2,1-4H3,(H,23,24)/t15-/m0/s1. The molecule has 0 saturated heterocycles. The van der Waals surface area contributed by atoms with Gasteiger partial charge in [0.1, 0.15) is 0 Å². The summed E-state index contributed by atoms with van der Waals surface area (Å²) < 4.78 is 0. The fraction of sp³-hybridized carbons (Fsp3) is 0.350. The van der Waals surface area contributed by atoms with Gasteiger partial charge in [-0.1, -0.05) is 55.8 Å². The molecular formula is C20H25ClN2O.